The summed E-state index contributed by atoms with van der Waals surface area (Å²) >= 11 is 0. The van der Waals surface area contributed by atoms with Crippen LogP contribution in [-0.2, 0) is 14.4 Å². The van der Waals surface area contributed by atoms with Crippen LogP contribution >= 0.6 is 0 Å². The van der Waals surface area contributed by atoms with E-state index in [-0.39, 0.29) is 17.2 Å². The molecule has 28 heavy (non-hydrogen) atoms. The van der Waals surface area contributed by atoms with Gasteiger partial charge in [-0.25, -0.2) is 4.90 Å². The van der Waals surface area contributed by atoms with Crippen LogP contribution in [0.25, 0.3) is 0 Å². The first kappa shape index (κ1) is 17.5. The number of fused-ring (bicyclic) bond motifs is 1. The lowest BCUT2D eigenvalue weighted by molar-refractivity contribution is -0.384. The third-order valence-corrected chi connectivity index (χ3v) is 4.70. The van der Waals surface area contributed by atoms with Crippen LogP contribution in [0.5, 0.6) is 0 Å². The van der Waals surface area contributed by atoms with Crippen LogP contribution in [0.1, 0.15) is 22.8 Å². The van der Waals surface area contributed by atoms with E-state index >= 15 is 0 Å². The molecular formula is C19H13N3O6. The van der Waals surface area contributed by atoms with Gasteiger partial charge in [-0.1, -0.05) is 17.3 Å². The number of nitro benzene ring substituents is 1. The van der Waals surface area contributed by atoms with E-state index in [0.717, 1.165) is 4.90 Å². The molecule has 2 aromatic rings. The van der Waals surface area contributed by atoms with E-state index < -0.39 is 28.8 Å². The summed E-state index contributed by atoms with van der Waals surface area (Å²) in [4.78, 5) is 53.7. The molecule has 0 N–H and O–H groups in total. The smallest absolute Gasteiger partial charge is 0.278 e. The van der Waals surface area contributed by atoms with Crippen LogP contribution in [0.4, 0.5) is 11.4 Å². The number of carbonyl (C=O) groups is 3. The molecule has 0 saturated carbocycles. The Balaban J connectivity index is 1.67. The van der Waals surface area contributed by atoms with Crippen LogP contribution < -0.4 is 4.90 Å². The number of hydrogen-bond donors (Lipinski definition) is 0. The van der Waals surface area contributed by atoms with Crippen LogP contribution in [0, 0.1) is 16.0 Å². The van der Waals surface area contributed by atoms with Gasteiger partial charge in [0.25, 0.3) is 11.6 Å². The number of ketones is 1. The summed E-state index contributed by atoms with van der Waals surface area (Å²) < 4.78 is 0. The van der Waals surface area contributed by atoms with Gasteiger partial charge in [-0.3, -0.25) is 24.5 Å². The molecule has 0 aliphatic carbocycles. The molecule has 1 fully saturated rings. The molecular weight excluding hydrogens is 366 g/mol. The van der Waals surface area contributed by atoms with Crippen molar-refractivity contribution in [3.05, 3.63) is 69.8 Å². The molecule has 4 rings (SSSR count). The minimum absolute atomic E-state index is 0.133. The van der Waals surface area contributed by atoms with E-state index in [9.17, 15) is 24.5 Å². The Hall–Kier alpha value is -3.88. The lowest BCUT2D eigenvalue weighted by Crippen LogP contribution is -2.33. The molecule has 2 aliphatic heterocycles. The predicted molar refractivity (Wildman–Crippen MR) is 96.9 cm³/mol. The second kappa shape index (κ2) is 6.38. The van der Waals surface area contributed by atoms with Crippen molar-refractivity contribution in [3.63, 3.8) is 0 Å². The molecule has 0 unspecified atom stereocenters. The molecule has 0 spiro atoms. The van der Waals surface area contributed by atoms with E-state index in [1.165, 1.54) is 49.4 Å². The van der Waals surface area contributed by atoms with Crippen molar-refractivity contribution in [2.75, 3.05) is 4.90 Å². The molecule has 2 aliphatic rings. The Bertz CT molecular complexity index is 1060. The summed E-state index contributed by atoms with van der Waals surface area (Å²) in [7, 11) is 0. The van der Waals surface area contributed by atoms with Gasteiger partial charge in [0.1, 0.15) is 11.6 Å². The first-order chi connectivity index (χ1) is 13.4. The van der Waals surface area contributed by atoms with Crippen LogP contribution in [0.3, 0.4) is 0 Å². The number of non-ortho nitro benzene ring substituents is 1. The largest absolute Gasteiger partial charge is 0.381 e. The third kappa shape index (κ3) is 2.64. The average molecular weight is 379 g/mol. The Morgan fingerprint density at radius 2 is 1.86 bits per heavy atom. The molecule has 140 valence electrons. The molecule has 0 bridgehead atoms. The third-order valence-electron chi connectivity index (χ3n) is 4.70. The number of amides is 2. The number of benzene rings is 2. The summed E-state index contributed by atoms with van der Waals surface area (Å²) in [5, 5.41) is 14.8. The number of rotatable bonds is 4. The van der Waals surface area contributed by atoms with Crippen LogP contribution in [0.15, 0.2) is 53.7 Å². The van der Waals surface area contributed by atoms with E-state index in [1.54, 1.807) is 6.07 Å². The van der Waals surface area contributed by atoms with Crippen molar-refractivity contribution in [3.8, 4) is 0 Å². The van der Waals surface area contributed by atoms with Gasteiger partial charge in [0.05, 0.1) is 10.6 Å². The first-order valence-electron chi connectivity index (χ1n) is 8.36. The van der Waals surface area contributed by atoms with E-state index in [0.29, 0.717) is 16.8 Å². The highest BCUT2D eigenvalue weighted by atomic mass is 16.7. The number of carbonyl (C=O) groups excluding carboxylic acids is 3. The monoisotopic (exact) mass is 379 g/mol. The lowest BCUT2D eigenvalue weighted by Gasteiger charge is -2.15. The quantitative estimate of drug-likeness (QED) is 0.347. The highest BCUT2D eigenvalue weighted by Gasteiger charge is 2.56. The van der Waals surface area contributed by atoms with Gasteiger partial charge >= 0.3 is 0 Å². The Morgan fingerprint density at radius 3 is 2.50 bits per heavy atom. The topological polar surface area (TPSA) is 119 Å². The summed E-state index contributed by atoms with van der Waals surface area (Å²) in [6.45, 7) is 1.42. The van der Waals surface area contributed by atoms with Crippen LogP contribution in [0.2, 0.25) is 0 Å². The number of oxime groups is 1. The van der Waals surface area contributed by atoms with Gasteiger partial charge in [0.2, 0.25) is 12.0 Å². The van der Waals surface area contributed by atoms with Gasteiger partial charge in [-0.2, -0.15) is 0 Å². The Morgan fingerprint density at radius 1 is 1.14 bits per heavy atom. The number of anilines is 1. The second-order valence-corrected chi connectivity index (χ2v) is 6.40. The molecule has 0 radical (unpaired) electrons. The second-order valence-electron chi connectivity index (χ2n) is 6.40. The van der Waals surface area contributed by atoms with Crippen LogP contribution in [-0.4, -0.2) is 34.3 Å². The zero-order chi connectivity index (χ0) is 20.0. The van der Waals surface area contributed by atoms with Crippen molar-refractivity contribution in [2.45, 2.75) is 13.0 Å². The molecule has 9 nitrogen and oxygen atoms in total. The Labute approximate surface area is 158 Å². The van der Waals surface area contributed by atoms with Gasteiger partial charge in [-0.15, -0.1) is 0 Å². The summed E-state index contributed by atoms with van der Waals surface area (Å²) in [6, 6.07) is 11.7. The highest BCUT2D eigenvalue weighted by molar-refractivity contribution is 6.32. The fourth-order valence-electron chi connectivity index (χ4n) is 3.29. The van der Waals surface area contributed by atoms with Gasteiger partial charge in [0, 0.05) is 23.3 Å². The zero-order valence-corrected chi connectivity index (χ0v) is 14.6. The first-order valence-corrected chi connectivity index (χ1v) is 8.36. The zero-order valence-electron chi connectivity index (χ0n) is 14.6. The molecule has 2 heterocycles. The minimum Gasteiger partial charge on any atom is -0.381 e. The van der Waals surface area contributed by atoms with Crippen molar-refractivity contribution >= 4 is 34.7 Å². The van der Waals surface area contributed by atoms with Crippen molar-refractivity contribution in [1.29, 1.82) is 0 Å². The lowest BCUT2D eigenvalue weighted by atomic mass is 9.94. The maximum Gasteiger partial charge on any atom is 0.278 e. The number of imide groups is 1. The SMILES string of the molecule is CC(=O)c1ccc(N2C(=O)[C@H]3C(c4cccc([N+](=O)[O-])c4)=NO[C@H]3C2=O)cc1. The Kier molecular flexibility index (Phi) is 3.99. The normalized spacial score (nSPS) is 20.6. The summed E-state index contributed by atoms with van der Waals surface area (Å²) in [5.74, 6) is -2.23. The van der Waals surface area contributed by atoms with Crippen molar-refractivity contribution in [2.24, 2.45) is 11.1 Å². The van der Waals surface area contributed by atoms with E-state index in [1.807, 2.05) is 0 Å². The van der Waals surface area contributed by atoms with Gasteiger partial charge in [0.15, 0.2) is 5.78 Å². The summed E-state index contributed by atoms with van der Waals surface area (Å²) in [5.41, 5.74) is 1.14. The van der Waals surface area contributed by atoms with Gasteiger partial charge < -0.3 is 4.84 Å². The van der Waals surface area contributed by atoms with E-state index in [2.05, 4.69) is 5.16 Å². The highest BCUT2D eigenvalue weighted by Crippen LogP contribution is 2.35. The molecule has 2 amide bonds. The van der Waals surface area contributed by atoms with Crippen molar-refractivity contribution in [1.82, 2.24) is 0 Å². The number of nitro groups is 1. The number of hydrogen-bond acceptors (Lipinski definition) is 7. The average Bonchev–Trinajstić information content (AvgIpc) is 3.22. The maximum absolute atomic E-state index is 13.0. The fraction of sp³-hybridized carbons (Fsp3) is 0.158. The minimum atomic E-state index is -1.12. The standard InChI is InChI=1S/C19H13N3O6/c1-10(23)11-5-7-13(8-6-11)21-18(24)15-16(20-28-17(15)19(21)25)12-3-2-4-14(9-12)22(26)27/h2-9,15,17H,1H3/t15-,17+/m0/s1. The van der Waals surface area contributed by atoms with Gasteiger partial charge in [-0.05, 0) is 31.2 Å². The predicted octanol–water partition coefficient (Wildman–Crippen LogP) is 2.09. The maximum atomic E-state index is 13.0. The number of nitrogens with zero attached hydrogens (tertiary/aromatic N) is 3. The fourth-order valence-corrected chi connectivity index (χ4v) is 3.29. The van der Waals surface area contributed by atoms with Crippen molar-refractivity contribution < 1.29 is 24.1 Å². The summed E-state index contributed by atoms with van der Waals surface area (Å²) in [6.07, 6.45) is -1.12. The molecule has 2 aromatic carbocycles. The molecule has 2 atom stereocenters. The molecule has 1 saturated heterocycles. The molecule has 0 aromatic heterocycles. The van der Waals surface area contributed by atoms with E-state index in [4.69, 9.17) is 4.84 Å². The number of Topliss-reactive ketones (excluding diaryl/α,β-unsaturated/α-hetero) is 1. The molecule has 9 heteroatoms.